The number of aromatic nitrogens is 2. The standard InChI is InChI=1S/C17H15Cl2N3O3/c1-9-7-11(20-24-9)8-22(3)17(23)14-10(2)25-21-16(14)15-12(18)5-4-6-13(15)19/h4-7H,8H2,1-3H3. The Bertz CT molecular complexity index is 913. The molecule has 0 spiro atoms. The van der Waals surface area contributed by atoms with Crippen molar-refractivity contribution < 1.29 is 13.8 Å². The molecule has 130 valence electrons. The first-order valence-corrected chi connectivity index (χ1v) is 8.22. The maximum atomic E-state index is 12.9. The Morgan fingerprint density at radius 3 is 2.44 bits per heavy atom. The van der Waals surface area contributed by atoms with Gasteiger partial charge < -0.3 is 13.9 Å². The molecule has 2 aromatic heterocycles. The highest BCUT2D eigenvalue weighted by Crippen LogP contribution is 2.37. The summed E-state index contributed by atoms with van der Waals surface area (Å²) < 4.78 is 10.3. The molecule has 0 aliphatic carbocycles. The summed E-state index contributed by atoms with van der Waals surface area (Å²) in [4.78, 5) is 14.4. The van der Waals surface area contributed by atoms with Crippen molar-refractivity contribution in [3.63, 3.8) is 0 Å². The normalized spacial score (nSPS) is 10.9. The Kier molecular flexibility index (Phi) is 4.83. The van der Waals surface area contributed by atoms with Crippen LogP contribution in [0.1, 0.15) is 27.6 Å². The lowest BCUT2D eigenvalue weighted by Gasteiger charge is -2.16. The Morgan fingerprint density at radius 2 is 1.84 bits per heavy atom. The highest BCUT2D eigenvalue weighted by atomic mass is 35.5. The van der Waals surface area contributed by atoms with Gasteiger partial charge >= 0.3 is 0 Å². The van der Waals surface area contributed by atoms with Crippen LogP contribution < -0.4 is 0 Å². The van der Waals surface area contributed by atoms with E-state index in [4.69, 9.17) is 32.2 Å². The topological polar surface area (TPSA) is 72.4 Å². The van der Waals surface area contributed by atoms with E-state index in [1.54, 1.807) is 45.2 Å². The quantitative estimate of drug-likeness (QED) is 0.665. The summed E-state index contributed by atoms with van der Waals surface area (Å²) in [5.41, 5.74) is 1.76. The molecule has 1 amide bonds. The molecule has 0 bridgehead atoms. The highest BCUT2D eigenvalue weighted by molar-refractivity contribution is 6.39. The molecule has 0 saturated carbocycles. The van der Waals surface area contributed by atoms with Gasteiger partial charge in [0.1, 0.15) is 28.5 Å². The van der Waals surface area contributed by atoms with E-state index in [1.165, 1.54) is 4.90 Å². The van der Waals surface area contributed by atoms with Gasteiger partial charge in [-0.3, -0.25) is 4.79 Å². The number of hydrogen-bond donors (Lipinski definition) is 0. The molecule has 0 aliphatic rings. The van der Waals surface area contributed by atoms with Gasteiger partial charge in [0.2, 0.25) is 0 Å². The molecule has 3 rings (SSSR count). The maximum Gasteiger partial charge on any atom is 0.259 e. The van der Waals surface area contributed by atoms with Gasteiger partial charge in [0.25, 0.3) is 5.91 Å². The largest absolute Gasteiger partial charge is 0.361 e. The second-order valence-electron chi connectivity index (χ2n) is 5.65. The Labute approximate surface area is 154 Å². The van der Waals surface area contributed by atoms with Gasteiger partial charge in [-0.1, -0.05) is 39.6 Å². The average molecular weight is 380 g/mol. The first-order valence-electron chi connectivity index (χ1n) is 7.46. The third kappa shape index (κ3) is 3.41. The molecule has 0 N–H and O–H groups in total. The molecule has 8 heteroatoms. The van der Waals surface area contributed by atoms with E-state index in [0.29, 0.717) is 44.1 Å². The first kappa shape index (κ1) is 17.5. The SMILES string of the molecule is Cc1cc(CN(C)C(=O)c2c(-c3c(Cl)cccc3Cl)noc2C)no1. The first-order chi connectivity index (χ1) is 11.9. The van der Waals surface area contributed by atoms with Crippen molar-refractivity contribution in [3.8, 4) is 11.3 Å². The van der Waals surface area contributed by atoms with Crippen molar-refractivity contribution >= 4 is 29.1 Å². The number of nitrogens with zero attached hydrogens (tertiary/aromatic N) is 3. The minimum absolute atomic E-state index is 0.273. The summed E-state index contributed by atoms with van der Waals surface area (Å²) >= 11 is 12.5. The molecule has 6 nitrogen and oxygen atoms in total. The molecule has 3 aromatic rings. The lowest BCUT2D eigenvalue weighted by atomic mass is 10.0. The second kappa shape index (κ2) is 6.90. The molecule has 0 radical (unpaired) electrons. The third-order valence-electron chi connectivity index (χ3n) is 3.70. The molecule has 0 saturated heterocycles. The van der Waals surface area contributed by atoms with E-state index in [1.807, 2.05) is 0 Å². The molecular formula is C17H15Cl2N3O3. The van der Waals surface area contributed by atoms with Crippen molar-refractivity contribution in [2.45, 2.75) is 20.4 Å². The summed E-state index contributed by atoms with van der Waals surface area (Å²) in [5, 5.41) is 8.68. The van der Waals surface area contributed by atoms with Gasteiger partial charge in [0, 0.05) is 18.7 Å². The number of carbonyl (C=O) groups is 1. The summed E-state index contributed by atoms with van der Waals surface area (Å²) in [6.07, 6.45) is 0. The Morgan fingerprint density at radius 1 is 1.16 bits per heavy atom. The number of rotatable bonds is 4. The highest BCUT2D eigenvalue weighted by Gasteiger charge is 2.27. The predicted molar refractivity (Wildman–Crippen MR) is 93.7 cm³/mol. The van der Waals surface area contributed by atoms with Crippen molar-refractivity contribution in [2.75, 3.05) is 7.05 Å². The lowest BCUT2D eigenvalue weighted by molar-refractivity contribution is 0.0781. The third-order valence-corrected chi connectivity index (χ3v) is 4.33. The number of carbonyl (C=O) groups excluding carboxylic acids is 1. The van der Waals surface area contributed by atoms with Crippen LogP contribution in [0.25, 0.3) is 11.3 Å². The molecule has 0 unspecified atom stereocenters. The van der Waals surface area contributed by atoms with Crippen molar-refractivity contribution in [1.82, 2.24) is 15.2 Å². The fraction of sp³-hybridized carbons (Fsp3) is 0.235. The monoisotopic (exact) mass is 379 g/mol. The van der Waals surface area contributed by atoms with Crippen LogP contribution in [0.4, 0.5) is 0 Å². The maximum absolute atomic E-state index is 12.9. The number of benzene rings is 1. The van der Waals surface area contributed by atoms with Crippen LogP contribution >= 0.6 is 23.2 Å². The van der Waals surface area contributed by atoms with Crippen LogP contribution in [0, 0.1) is 13.8 Å². The van der Waals surface area contributed by atoms with E-state index in [0.717, 1.165) is 0 Å². The second-order valence-corrected chi connectivity index (χ2v) is 6.46. The molecule has 0 atom stereocenters. The van der Waals surface area contributed by atoms with E-state index < -0.39 is 0 Å². The van der Waals surface area contributed by atoms with Crippen molar-refractivity contribution in [3.05, 3.63) is 57.1 Å². The predicted octanol–water partition coefficient (Wildman–Crippen LogP) is 4.53. The van der Waals surface area contributed by atoms with Gasteiger partial charge in [-0.15, -0.1) is 0 Å². The lowest BCUT2D eigenvalue weighted by Crippen LogP contribution is -2.27. The van der Waals surface area contributed by atoms with Crippen LogP contribution in [0.3, 0.4) is 0 Å². The number of hydrogen-bond acceptors (Lipinski definition) is 5. The van der Waals surface area contributed by atoms with E-state index in [9.17, 15) is 4.79 Å². The zero-order valence-corrected chi connectivity index (χ0v) is 15.4. The van der Waals surface area contributed by atoms with Gasteiger partial charge in [0.05, 0.1) is 16.6 Å². The van der Waals surface area contributed by atoms with Gasteiger partial charge in [-0.05, 0) is 26.0 Å². The van der Waals surface area contributed by atoms with Crippen LogP contribution in [0.2, 0.25) is 10.0 Å². The molecule has 0 fully saturated rings. The summed E-state index contributed by atoms with van der Waals surface area (Å²) in [7, 11) is 1.66. The van der Waals surface area contributed by atoms with Crippen LogP contribution in [0.15, 0.2) is 33.3 Å². The zero-order valence-electron chi connectivity index (χ0n) is 13.8. The molecule has 1 aromatic carbocycles. The van der Waals surface area contributed by atoms with Gasteiger partial charge in [-0.25, -0.2) is 0 Å². The molecule has 25 heavy (non-hydrogen) atoms. The van der Waals surface area contributed by atoms with E-state index >= 15 is 0 Å². The zero-order chi connectivity index (χ0) is 18.1. The van der Waals surface area contributed by atoms with E-state index in [-0.39, 0.29) is 12.5 Å². The van der Waals surface area contributed by atoms with Crippen molar-refractivity contribution in [1.29, 1.82) is 0 Å². The summed E-state index contributed by atoms with van der Waals surface area (Å²) in [6.45, 7) is 3.75. The molecule has 2 heterocycles. The number of halogens is 2. The average Bonchev–Trinajstić information content (AvgIpc) is 3.12. The summed E-state index contributed by atoms with van der Waals surface area (Å²) in [6, 6.07) is 6.86. The summed E-state index contributed by atoms with van der Waals surface area (Å²) in [5.74, 6) is 0.796. The fourth-order valence-electron chi connectivity index (χ4n) is 2.52. The molecular weight excluding hydrogens is 365 g/mol. The van der Waals surface area contributed by atoms with Crippen molar-refractivity contribution in [2.24, 2.45) is 0 Å². The minimum atomic E-state index is -0.273. The fourth-order valence-corrected chi connectivity index (χ4v) is 3.09. The Hall–Kier alpha value is -2.31. The van der Waals surface area contributed by atoms with Gasteiger partial charge in [0.15, 0.2) is 0 Å². The number of aryl methyl sites for hydroxylation is 2. The van der Waals surface area contributed by atoms with Crippen LogP contribution in [0.5, 0.6) is 0 Å². The molecule has 0 aliphatic heterocycles. The van der Waals surface area contributed by atoms with Gasteiger partial charge in [-0.2, -0.15) is 0 Å². The smallest absolute Gasteiger partial charge is 0.259 e. The van der Waals surface area contributed by atoms with Crippen LogP contribution in [-0.4, -0.2) is 28.2 Å². The van der Waals surface area contributed by atoms with Crippen LogP contribution in [-0.2, 0) is 6.54 Å². The van der Waals surface area contributed by atoms with E-state index in [2.05, 4.69) is 10.3 Å². The Balaban J connectivity index is 1.97. The minimum Gasteiger partial charge on any atom is -0.361 e. The number of amides is 1.